The van der Waals surface area contributed by atoms with Crippen molar-refractivity contribution in [2.75, 3.05) is 10.6 Å². The summed E-state index contributed by atoms with van der Waals surface area (Å²) in [5.74, 6) is 0.153. The number of carboxylic acids is 1. The molecule has 3 N–H and O–H groups in total. The number of rotatable bonds is 5. The van der Waals surface area contributed by atoms with Gasteiger partial charge in [-0.05, 0) is 31.0 Å². The van der Waals surface area contributed by atoms with Crippen LogP contribution < -0.4 is 10.6 Å². The zero-order valence-corrected chi connectivity index (χ0v) is 10.7. The molecule has 0 unspecified atom stereocenters. The van der Waals surface area contributed by atoms with Crippen molar-refractivity contribution in [2.45, 2.75) is 18.9 Å². The number of hydrogen-bond donors (Lipinski definition) is 3. The van der Waals surface area contributed by atoms with E-state index in [2.05, 4.69) is 20.6 Å². The van der Waals surface area contributed by atoms with Crippen LogP contribution in [0.4, 0.5) is 17.5 Å². The Kier molecular flexibility index (Phi) is 3.20. The van der Waals surface area contributed by atoms with E-state index in [4.69, 9.17) is 5.11 Å². The van der Waals surface area contributed by atoms with Gasteiger partial charge in [-0.1, -0.05) is 12.1 Å². The van der Waals surface area contributed by atoms with E-state index >= 15 is 0 Å². The van der Waals surface area contributed by atoms with Crippen LogP contribution in [0.2, 0.25) is 0 Å². The van der Waals surface area contributed by atoms with Crippen molar-refractivity contribution >= 4 is 23.4 Å². The van der Waals surface area contributed by atoms with E-state index in [-0.39, 0.29) is 5.56 Å². The maximum Gasteiger partial charge on any atom is 0.337 e. The molecule has 20 heavy (non-hydrogen) atoms. The number of para-hydroxylation sites is 1. The summed E-state index contributed by atoms with van der Waals surface area (Å²) in [6.07, 6.45) is 3.93. The van der Waals surface area contributed by atoms with Crippen LogP contribution in [0.15, 0.2) is 36.5 Å². The van der Waals surface area contributed by atoms with Crippen molar-refractivity contribution < 1.29 is 9.90 Å². The van der Waals surface area contributed by atoms with Crippen molar-refractivity contribution in [2.24, 2.45) is 0 Å². The molecule has 1 fully saturated rings. The first-order valence-corrected chi connectivity index (χ1v) is 6.41. The molecule has 0 bridgehead atoms. The quantitative estimate of drug-likeness (QED) is 0.773. The fraction of sp³-hybridized carbons (Fsp3) is 0.214. The molecule has 0 spiro atoms. The van der Waals surface area contributed by atoms with E-state index in [0.29, 0.717) is 23.5 Å². The summed E-state index contributed by atoms with van der Waals surface area (Å²) < 4.78 is 0. The topological polar surface area (TPSA) is 87.1 Å². The Morgan fingerprint density at radius 2 is 2.05 bits per heavy atom. The number of aromatic nitrogens is 2. The highest BCUT2D eigenvalue weighted by molar-refractivity contribution is 5.94. The van der Waals surface area contributed by atoms with Crippen LogP contribution >= 0.6 is 0 Å². The minimum absolute atomic E-state index is 0.211. The molecule has 2 aromatic rings. The first-order valence-electron chi connectivity index (χ1n) is 6.41. The molecule has 0 radical (unpaired) electrons. The second kappa shape index (κ2) is 5.16. The fourth-order valence-corrected chi connectivity index (χ4v) is 1.82. The minimum Gasteiger partial charge on any atom is -0.478 e. The molecule has 0 aliphatic heterocycles. The van der Waals surface area contributed by atoms with Gasteiger partial charge in [0.2, 0.25) is 5.95 Å². The molecule has 1 heterocycles. The largest absolute Gasteiger partial charge is 0.478 e. The maximum atomic E-state index is 11.1. The zero-order chi connectivity index (χ0) is 13.9. The molecule has 1 aromatic carbocycles. The lowest BCUT2D eigenvalue weighted by molar-refractivity contribution is 0.0698. The molecule has 3 rings (SSSR count). The van der Waals surface area contributed by atoms with E-state index in [9.17, 15) is 4.79 Å². The van der Waals surface area contributed by atoms with E-state index in [0.717, 1.165) is 12.8 Å². The molecule has 102 valence electrons. The van der Waals surface area contributed by atoms with Crippen molar-refractivity contribution in [3.63, 3.8) is 0 Å². The van der Waals surface area contributed by atoms with Crippen LogP contribution in [-0.4, -0.2) is 27.1 Å². The summed E-state index contributed by atoms with van der Waals surface area (Å²) >= 11 is 0. The Hall–Kier alpha value is -2.63. The molecule has 0 saturated heterocycles. The molecule has 1 aliphatic carbocycles. The van der Waals surface area contributed by atoms with Gasteiger partial charge in [0, 0.05) is 12.2 Å². The fourth-order valence-electron chi connectivity index (χ4n) is 1.82. The van der Waals surface area contributed by atoms with E-state index in [1.54, 1.807) is 36.5 Å². The Bertz CT molecular complexity index is 641. The summed E-state index contributed by atoms with van der Waals surface area (Å²) in [6, 6.07) is 8.90. The summed E-state index contributed by atoms with van der Waals surface area (Å²) in [5.41, 5.74) is 0.721. The summed E-state index contributed by atoms with van der Waals surface area (Å²) in [4.78, 5) is 19.6. The highest BCUT2D eigenvalue weighted by Crippen LogP contribution is 2.24. The van der Waals surface area contributed by atoms with Gasteiger partial charge in [0.1, 0.15) is 5.82 Å². The third-order valence-corrected chi connectivity index (χ3v) is 2.99. The number of carboxylic acid groups (broad SMARTS) is 1. The van der Waals surface area contributed by atoms with Crippen LogP contribution in [0.5, 0.6) is 0 Å². The molecular weight excluding hydrogens is 256 g/mol. The second-order valence-electron chi connectivity index (χ2n) is 4.66. The van der Waals surface area contributed by atoms with Crippen LogP contribution in [-0.2, 0) is 0 Å². The van der Waals surface area contributed by atoms with Gasteiger partial charge in [0.25, 0.3) is 0 Å². The zero-order valence-electron chi connectivity index (χ0n) is 10.7. The molecule has 0 amide bonds. The van der Waals surface area contributed by atoms with E-state index in [1.807, 2.05) is 0 Å². The van der Waals surface area contributed by atoms with E-state index < -0.39 is 5.97 Å². The molecule has 1 aromatic heterocycles. The number of carbonyl (C=O) groups is 1. The van der Waals surface area contributed by atoms with Gasteiger partial charge >= 0.3 is 5.97 Å². The number of nitrogens with zero attached hydrogens (tertiary/aromatic N) is 2. The van der Waals surface area contributed by atoms with Crippen molar-refractivity contribution in [3.05, 3.63) is 42.1 Å². The monoisotopic (exact) mass is 270 g/mol. The lowest BCUT2D eigenvalue weighted by Crippen LogP contribution is -2.07. The smallest absolute Gasteiger partial charge is 0.337 e. The molecule has 0 atom stereocenters. The van der Waals surface area contributed by atoms with Gasteiger partial charge in [0.05, 0.1) is 11.3 Å². The third kappa shape index (κ3) is 2.85. The average molecular weight is 270 g/mol. The van der Waals surface area contributed by atoms with Crippen molar-refractivity contribution in [3.8, 4) is 0 Å². The summed E-state index contributed by atoms with van der Waals surface area (Å²) in [6.45, 7) is 0. The molecule has 6 heteroatoms. The van der Waals surface area contributed by atoms with Gasteiger partial charge in [-0.25, -0.2) is 9.78 Å². The van der Waals surface area contributed by atoms with Crippen LogP contribution in [0.3, 0.4) is 0 Å². The number of hydrogen-bond acceptors (Lipinski definition) is 5. The summed E-state index contributed by atoms with van der Waals surface area (Å²) in [7, 11) is 0. The normalized spacial score (nSPS) is 13.8. The van der Waals surface area contributed by atoms with Crippen molar-refractivity contribution in [1.29, 1.82) is 0 Å². The third-order valence-electron chi connectivity index (χ3n) is 2.99. The number of anilines is 3. The van der Waals surface area contributed by atoms with Gasteiger partial charge in [-0.3, -0.25) is 0 Å². The predicted molar refractivity (Wildman–Crippen MR) is 75.4 cm³/mol. The van der Waals surface area contributed by atoms with Gasteiger partial charge in [0.15, 0.2) is 0 Å². The minimum atomic E-state index is -0.974. The van der Waals surface area contributed by atoms with Crippen LogP contribution in [0, 0.1) is 0 Å². The van der Waals surface area contributed by atoms with Gasteiger partial charge < -0.3 is 15.7 Å². The second-order valence-corrected chi connectivity index (χ2v) is 4.66. The van der Waals surface area contributed by atoms with Gasteiger partial charge in [-0.15, -0.1) is 0 Å². The van der Waals surface area contributed by atoms with Crippen LogP contribution in [0.25, 0.3) is 0 Å². The first kappa shape index (κ1) is 12.4. The predicted octanol–water partition coefficient (Wildman–Crippen LogP) is 2.49. The van der Waals surface area contributed by atoms with E-state index in [1.165, 1.54) is 0 Å². The molecule has 1 aliphatic rings. The Balaban J connectivity index is 1.81. The highest BCUT2D eigenvalue weighted by Gasteiger charge is 2.21. The Morgan fingerprint density at radius 1 is 1.25 bits per heavy atom. The Morgan fingerprint density at radius 3 is 2.80 bits per heavy atom. The Labute approximate surface area is 115 Å². The summed E-state index contributed by atoms with van der Waals surface area (Å²) in [5, 5.41) is 15.4. The van der Waals surface area contributed by atoms with Gasteiger partial charge in [-0.2, -0.15) is 4.98 Å². The first-order chi connectivity index (χ1) is 9.72. The average Bonchev–Trinajstić information content (AvgIpc) is 3.23. The SMILES string of the molecule is O=C(O)c1ccccc1Nc1ccnc(NC2CC2)n1. The maximum absolute atomic E-state index is 11.1. The lowest BCUT2D eigenvalue weighted by atomic mass is 10.2. The highest BCUT2D eigenvalue weighted by atomic mass is 16.4. The van der Waals surface area contributed by atoms with Crippen LogP contribution in [0.1, 0.15) is 23.2 Å². The number of benzene rings is 1. The molecular formula is C14H14N4O2. The lowest BCUT2D eigenvalue weighted by Gasteiger charge is -2.09. The number of nitrogens with one attached hydrogen (secondary N) is 2. The molecule has 6 nitrogen and oxygen atoms in total. The number of aromatic carboxylic acids is 1. The standard InChI is InChI=1S/C14H14N4O2/c19-13(20)10-3-1-2-4-11(10)17-12-7-8-15-14(18-12)16-9-5-6-9/h1-4,7-9H,5-6H2,(H,19,20)(H2,15,16,17,18). The van der Waals surface area contributed by atoms with Crippen molar-refractivity contribution in [1.82, 2.24) is 9.97 Å². The molecule has 1 saturated carbocycles.